The number of hydrogen-bond acceptors (Lipinski definition) is 4. The molecule has 7 heteroatoms. The summed E-state index contributed by atoms with van der Waals surface area (Å²) in [4.78, 5) is 3.85. The summed E-state index contributed by atoms with van der Waals surface area (Å²) in [6.07, 6.45) is 4.74. The molecule has 2 nitrogen and oxygen atoms in total. The summed E-state index contributed by atoms with van der Waals surface area (Å²) in [5, 5.41) is 0. The molecule has 0 aliphatic rings. The van der Waals surface area contributed by atoms with Crippen molar-refractivity contribution >= 4 is 81.4 Å². The van der Waals surface area contributed by atoms with Crippen LogP contribution in [0.3, 0.4) is 0 Å². The van der Waals surface area contributed by atoms with Crippen LogP contribution in [-0.2, 0) is 25.3 Å². The van der Waals surface area contributed by atoms with Gasteiger partial charge in [-0.15, -0.1) is 0 Å². The third-order valence-corrected chi connectivity index (χ3v) is 3.56. The average Bonchev–Trinajstić information content (AvgIpc) is 2.33. The summed E-state index contributed by atoms with van der Waals surface area (Å²) in [6.45, 7) is 6.30. The molecule has 0 heterocycles. The zero-order valence-electron chi connectivity index (χ0n) is 12.5. The zero-order chi connectivity index (χ0) is 14.6. The first kappa shape index (κ1) is 25.0. The fourth-order valence-corrected chi connectivity index (χ4v) is 1.34. The van der Waals surface area contributed by atoms with Gasteiger partial charge in [0.25, 0.3) is 0 Å². The fourth-order valence-electron chi connectivity index (χ4n) is 0.973. The number of thiocarbonyl (C=S) groups is 2. The number of rotatable bonds is 6. The second kappa shape index (κ2) is 17.0. The number of hydrogen-bond donors (Lipinski definition) is 0. The normalized spacial score (nSPS) is 8.63. The van der Waals surface area contributed by atoms with E-state index in [0.717, 1.165) is 13.1 Å². The van der Waals surface area contributed by atoms with Crippen LogP contribution in [0.1, 0.15) is 39.5 Å². The molecule has 0 amide bonds. The quantitative estimate of drug-likeness (QED) is 0.411. The first-order chi connectivity index (χ1) is 8.36. The Balaban J connectivity index is -0.000000256. The first-order valence-electron chi connectivity index (χ1n) is 6.20. The predicted octanol–water partition coefficient (Wildman–Crippen LogP) is 2.72. The van der Waals surface area contributed by atoms with Crippen LogP contribution in [0, 0.1) is 0 Å². The molecule has 0 atom stereocenters. The van der Waals surface area contributed by atoms with Gasteiger partial charge >= 0.3 is 23.1 Å². The summed E-state index contributed by atoms with van der Waals surface area (Å²) in [6, 6.07) is 0. The molecule has 0 aromatic heterocycles. The molecule has 0 aromatic rings. The largest absolute Gasteiger partial charge is 2.00 e. The van der Waals surface area contributed by atoms with Gasteiger partial charge < -0.3 is 59.5 Å². The molecule has 0 unspecified atom stereocenters. The molecule has 0 radical (unpaired) electrons. The van der Waals surface area contributed by atoms with Crippen LogP contribution in [0.25, 0.3) is 0 Å². The van der Waals surface area contributed by atoms with E-state index in [1.165, 1.54) is 25.7 Å². The van der Waals surface area contributed by atoms with Gasteiger partial charge in [-0.05, 0) is 12.8 Å². The Bertz CT molecular complexity index is 216. The van der Waals surface area contributed by atoms with Crippen LogP contribution in [0.15, 0.2) is 0 Å². The van der Waals surface area contributed by atoms with Crippen molar-refractivity contribution in [2.24, 2.45) is 0 Å². The van der Waals surface area contributed by atoms with E-state index in [1.54, 1.807) is 0 Å². The fraction of sp³-hybridized carbons (Fsp3) is 0.833. The average molecular weight is 349 g/mol. The van der Waals surface area contributed by atoms with E-state index in [2.05, 4.69) is 13.8 Å². The molecule has 0 N–H and O–H groups in total. The van der Waals surface area contributed by atoms with Crippen LogP contribution in [0.4, 0.5) is 0 Å². The summed E-state index contributed by atoms with van der Waals surface area (Å²) in [5.41, 5.74) is 0. The zero-order valence-corrected chi connectivity index (χ0v) is 17.2. The smallest absolute Gasteiger partial charge is 0.411 e. The molecule has 0 spiro atoms. The summed E-state index contributed by atoms with van der Waals surface area (Å²) < 4.78 is 1.15. The van der Waals surface area contributed by atoms with Crippen molar-refractivity contribution < 1.29 is 0 Å². The summed E-state index contributed by atoms with van der Waals surface area (Å²) in [7, 11) is 3.87. The van der Waals surface area contributed by atoms with E-state index in [1.807, 2.05) is 23.9 Å². The van der Waals surface area contributed by atoms with Gasteiger partial charge in [-0.25, -0.2) is 0 Å². The third kappa shape index (κ3) is 19.0. The van der Waals surface area contributed by atoms with Gasteiger partial charge in [0.05, 0.1) is 0 Å². The van der Waals surface area contributed by atoms with Crippen molar-refractivity contribution in [3.8, 4) is 0 Å². The van der Waals surface area contributed by atoms with Crippen molar-refractivity contribution in [1.82, 2.24) is 9.80 Å². The van der Waals surface area contributed by atoms with Crippen LogP contribution >= 0.6 is 24.4 Å². The van der Waals surface area contributed by atoms with Gasteiger partial charge in [-0.2, -0.15) is 0 Å². The molecular weight excluding hydrogens is 325 g/mol. The van der Waals surface area contributed by atoms with Crippen LogP contribution in [0.5, 0.6) is 0 Å². The minimum absolute atomic E-state index is 0. The second-order valence-electron chi connectivity index (χ2n) is 4.08. The monoisotopic (exact) mass is 348 g/mol. The maximum absolute atomic E-state index is 4.77. The van der Waals surface area contributed by atoms with E-state index in [-0.39, 0.29) is 23.1 Å². The van der Waals surface area contributed by atoms with Crippen molar-refractivity contribution in [2.45, 2.75) is 39.5 Å². The van der Waals surface area contributed by atoms with E-state index in [9.17, 15) is 0 Å². The third-order valence-electron chi connectivity index (χ3n) is 2.32. The molecule has 19 heavy (non-hydrogen) atoms. The Morgan fingerprint density at radius 3 is 1.26 bits per heavy atom. The van der Waals surface area contributed by atoms with Crippen molar-refractivity contribution in [2.75, 3.05) is 27.2 Å². The molecular formula is C12H24MgN2S4. The molecule has 0 saturated carbocycles. The SMILES string of the molecule is CCCCN(C)C(=S)[S-].CCCCN(C)C(=S)[S-].[Mg+2]. The maximum Gasteiger partial charge on any atom is 2.00 e. The molecule has 0 bridgehead atoms. The minimum atomic E-state index is 0. The van der Waals surface area contributed by atoms with Crippen molar-refractivity contribution in [3.05, 3.63) is 0 Å². The Morgan fingerprint density at radius 2 is 1.11 bits per heavy atom. The van der Waals surface area contributed by atoms with E-state index in [4.69, 9.17) is 49.7 Å². The Kier molecular flexibility index (Phi) is 22.4. The Morgan fingerprint density at radius 1 is 0.842 bits per heavy atom. The van der Waals surface area contributed by atoms with Gasteiger partial charge in [0, 0.05) is 27.2 Å². The predicted molar refractivity (Wildman–Crippen MR) is 101 cm³/mol. The van der Waals surface area contributed by atoms with Gasteiger partial charge in [0.15, 0.2) is 0 Å². The van der Waals surface area contributed by atoms with Crippen LogP contribution < -0.4 is 0 Å². The minimum Gasteiger partial charge on any atom is -0.411 e. The summed E-state index contributed by atoms with van der Waals surface area (Å²) in [5.74, 6) is 0. The van der Waals surface area contributed by atoms with Gasteiger partial charge in [-0.1, -0.05) is 35.3 Å². The molecule has 0 aliphatic heterocycles. The summed E-state index contributed by atoms with van der Waals surface area (Å²) >= 11 is 19.1. The first-order valence-corrected chi connectivity index (χ1v) is 7.84. The second-order valence-corrected chi connectivity index (χ2v) is 6.15. The Hall–Kier alpha value is 0.986. The molecule has 0 fully saturated rings. The topological polar surface area (TPSA) is 6.48 Å². The molecule has 0 rings (SSSR count). The molecule has 0 saturated heterocycles. The van der Waals surface area contributed by atoms with Gasteiger partial charge in [-0.3, -0.25) is 0 Å². The standard InChI is InChI=1S/2C6H13NS2.Mg/c2*1-3-4-5-7(2)6(8)9;/h2*3-5H2,1-2H3,(H,8,9);/q;;+2/p-2. The van der Waals surface area contributed by atoms with E-state index >= 15 is 0 Å². The van der Waals surface area contributed by atoms with Gasteiger partial charge in [0.1, 0.15) is 0 Å². The number of nitrogens with zero attached hydrogens (tertiary/aromatic N) is 2. The van der Waals surface area contributed by atoms with Gasteiger partial charge in [0.2, 0.25) is 0 Å². The molecule has 108 valence electrons. The van der Waals surface area contributed by atoms with E-state index < -0.39 is 0 Å². The Labute approximate surface area is 157 Å². The van der Waals surface area contributed by atoms with Crippen molar-refractivity contribution in [1.29, 1.82) is 0 Å². The van der Waals surface area contributed by atoms with Crippen LogP contribution in [-0.4, -0.2) is 68.7 Å². The number of unbranched alkanes of at least 4 members (excludes halogenated alkanes) is 2. The molecule has 0 aromatic carbocycles. The van der Waals surface area contributed by atoms with Crippen molar-refractivity contribution in [3.63, 3.8) is 0 Å². The molecule has 0 aliphatic carbocycles. The van der Waals surface area contributed by atoms with E-state index in [0.29, 0.717) is 8.64 Å². The van der Waals surface area contributed by atoms with Crippen LogP contribution in [0.2, 0.25) is 0 Å². The maximum atomic E-state index is 4.77.